The first-order chi connectivity index (χ1) is 8.18. The molecule has 0 fully saturated rings. The van der Waals surface area contributed by atoms with Crippen molar-refractivity contribution in [2.75, 3.05) is 0 Å². The van der Waals surface area contributed by atoms with Crippen LogP contribution in [0.1, 0.15) is 18.8 Å². The molecule has 1 aromatic heterocycles. The van der Waals surface area contributed by atoms with Gasteiger partial charge in [-0.3, -0.25) is 0 Å². The lowest BCUT2D eigenvalue weighted by Crippen LogP contribution is -2.28. The van der Waals surface area contributed by atoms with E-state index in [1.54, 1.807) is 24.5 Å². The van der Waals surface area contributed by atoms with Gasteiger partial charge < -0.3 is 14.9 Å². The van der Waals surface area contributed by atoms with Crippen LogP contribution in [-0.2, 0) is 0 Å². The molecular weight excluding hydrogens is 238 g/mol. The van der Waals surface area contributed by atoms with Crippen LogP contribution in [0.5, 0.6) is 5.75 Å². The second kappa shape index (κ2) is 5.25. The van der Waals surface area contributed by atoms with E-state index < -0.39 is 0 Å². The third kappa shape index (κ3) is 2.81. The van der Waals surface area contributed by atoms with Gasteiger partial charge in [0.15, 0.2) is 6.10 Å². The molecule has 0 saturated heterocycles. The molecule has 90 valence electrons. The predicted octanol–water partition coefficient (Wildman–Crippen LogP) is 3.40. The average Bonchev–Trinajstić information content (AvgIpc) is 2.81. The van der Waals surface area contributed by atoms with Crippen LogP contribution in [0.3, 0.4) is 0 Å². The van der Waals surface area contributed by atoms with Crippen LogP contribution in [0.15, 0.2) is 47.1 Å². The van der Waals surface area contributed by atoms with Crippen molar-refractivity contribution in [2.24, 2.45) is 5.73 Å². The Kier molecular flexibility index (Phi) is 3.71. The van der Waals surface area contributed by atoms with Crippen LogP contribution in [0.25, 0.3) is 0 Å². The van der Waals surface area contributed by atoms with E-state index >= 15 is 0 Å². The summed E-state index contributed by atoms with van der Waals surface area (Å²) in [6.07, 6.45) is 1.26. The molecule has 2 rings (SSSR count). The standard InChI is InChI=1S/C13H14ClNO2/c1-9(15)13(12-7-4-8-16-12)17-11-6-3-2-5-10(11)14/h2-9,13H,15H2,1H3. The van der Waals surface area contributed by atoms with Gasteiger partial charge >= 0.3 is 0 Å². The van der Waals surface area contributed by atoms with Gasteiger partial charge in [0.2, 0.25) is 0 Å². The summed E-state index contributed by atoms with van der Waals surface area (Å²) < 4.78 is 11.1. The van der Waals surface area contributed by atoms with Crippen LogP contribution in [0.2, 0.25) is 5.02 Å². The number of nitrogens with two attached hydrogens (primary N) is 1. The molecule has 1 aromatic carbocycles. The van der Waals surface area contributed by atoms with Crippen molar-refractivity contribution in [1.29, 1.82) is 0 Å². The molecule has 2 atom stereocenters. The molecule has 2 N–H and O–H groups in total. The minimum atomic E-state index is -0.343. The number of halogens is 1. The number of furan rings is 1. The highest BCUT2D eigenvalue weighted by atomic mass is 35.5. The molecular formula is C13H14ClNO2. The van der Waals surface area contributed by atoms with Crippen LogP contribution < -0.4 is 10.5 Å². The quantitative estimate of drug-likeness (QED) is 0.906. The maximum absolute atomic E-state index is 6.04. The van der Waals surface area contributed by atoms with Crippen molar-refractivity contribution in [3.8, 4) is 5.75 Å². The molecule has 2 aromatic rings. The van der Waals surface area contributed by atoms with Crippen molar-refractivity contribution in [3.63, 3.8) is 0 Å². The monoisotopic (exact) mass is 251 g/mol. The topological polar surface area (TPSA) is 48.4 Å². The fourth-order valence-corrected chi connectivity index (χ4v) is 1.74. The Morgan fingerprint density at radius 3 is 2.59 bits per heavy atom. The van der Waals surface area contributed by atoms with Crippen molar-refractivity contribution in [3.05, 3.63) is 53.4 Å². The second-order valence-electron chi connectivity index (χ2n) is 3.84. The van der Waals surface area contributed by atoms with Crippen molar-refractivity contribution < 1.29 is 9.15 Å². The Hall–Kier alpha value is -1.45. The van der Waals surface area contributed by atoms with E-state index in [1.165, 1.54) is 0 Å². The van der Waals surface area contributed by atoms with Crippen molar-refractivity contribution in [1.82, 2.24) is 0 Å². The highest BCUT2D eigenvalue weighted by molar-refractivity contribution is 6.32. The maximum atomic E-state index is 6.04. The van der Waals surface area contributed by atoms with Gasteiger partial charge in [0.25, 0.3) is 0 Å². The SMILES string of the molecule is CC(N)C(Oc1ccccc1Cl)c1ccco1. The minimum Gasteiger partial charge on any atom is -0.479 e. The van der Waals surface area contributed by atoms with Crippen LogP contribution in [0.4, 0.5) is 0 Å². The lowest BCUT2D eigenvalue weighted by atomic mass is 10.1. The predicted molar refractivity (Wildman–Crippen MR) is 67.2 cm³/mol. The number of para-hydroxylation sites is 1. The smallest absolute Gasteiger partial charge is 0.171 e. The van der Waals surface area contributed by atoms with E-state index in [2.05, 4.69) is 0 Å². The number of benzene rings is 1. The average molecular weight is 252 g/mol. The molecule has 0 saturated carbocycles. The largest absolute Gasteiger partial charge is 0.479 e. The summed E-state index contributed by atoms with van der Waals surface area (Å²) in [6.45, 7) is 1.87. The molecule has 0 amide bonds. The molecule has 0 aliphatic carbocycles. The highest BCUT2D eigenvalue weighted by Gasteiger charge is 2.21. The summed E-state index contributed by atoms with van der Waals surface area (Å²) in [6, 6.07) is 10.7. The highest BCUT2D eigenvalue weighted by Crippen LogP contribution is 2.30. The van der Waals surface area contributed by atoms with Crippen LogP contribution in [-0.4, -0.2) is 6.04 Å². The Balaban J connectivity index is 2.23. The molecule has 17 heavy (non-hydrogen) atoms. The Morgan fingerprint density at radius 1 is 1.24 bits per heavy atom. The molecule has 4 heteroatoms. The maximum Gasteiger partial charge on any atom is 0.171 e. The Labute approximate surface area is 105 Å². The van der Waals surface area contributed by atoms with E-state index in [1.807, 2.05) is 25.1 Å². The molecule has 1 heterocycles. The number of rotatable bonds is 4. The molecule has 0 aliphatic heterocycles. The normalized spacial score (nSPS) is 14.3. The molecule has 3 nitrogen and oxygen atoms in total. The van der Waals surface area contributed by atoms with E-state index in [-0.39, 0.29) is 12.1 Å². The lowest BCUT2D eigenvalue weighted by Gasteiger charge is -2.21. The Bertz CT molecular complexity index is 468. The van der Waals surface area contributed by atoms with Gasteiger partial charge in [-0.1, -0.05) is 23.7 Å². The zero-order valence-electron chi connectivity index (χ0n) is 9.47. The first kappa shape index (κ1) is 12.0. The van der Waals surface area contributed by atoms with Gasteiger partial charge in [0, 0.05) is 6.04 Å². The third-order valence-electron chi connectivity index (χ3n) is 2.39. The van der Waals surface area contributed by atoms with Crippen molar-refractivity contribution in [2.45, 2.75) is 19.1 Å². The van der Waals surface area contributed by atoms with Crippen molar-refractivity contribution >= 4 is 11.6 Å². The summed E-state index contributed by atoms with van der Waals surface area (Å²) >= 11 is 6.04. The molecule has 0 radical (unpaired) electrons. The summed E-state index contributed by atoms with van der Waals surface area (Å²) in [4.78, 5) is 0. The first-order valence-corrected chi connectivity index (χ1v) is 5.76. The zero-order valence-corrected chi connectivity index (χ0v) is 10.2. The van der Waals surface area contributed by atoms with Gasteiger partial charge in [-0.2, -0.15) is 0 Å². The molecule has 2 unspecified atom stereocenters. The van der Waals surface area contributed by atoms with Gasteiger partial charge in [0.1, 0.15) is 11.5 Å². The molecule has 0 aliphatic rings. The summed E-state index contributed by atoms with van der Waals surface area (Å²) in [5, 5.41) is 0.560. The second-order valence-corrected chi connectivity index (χ2v) is 4.25. The first-order valence-electron chi connectivity index (χ1n) is 5.38. The lowest BCUT2D eigenvalue weighted by molar-refractivity contribution is 0.153. The zero-order chi connectivity index (χ0) is 12.3. The van der Waals surface area contributed by atoms with E-state index in [4.69, 9.17) is 26.5 Å². The number of hydrogen-bond donors (Lipinski definition) is 1. The van der Waals surface area contributed by atoms with Crippen LogP contribution >= 0.6 is 11.6 Å². The van der Waals surface area contributed by atoms with Crippen LogP contribution in [0, 0.1) is 0 Å². The number of hydrogen-bond acceptors (Lipinski definition) is 3. The van der Waals surface area contributed by atoms with Gasteiger partial charge in [-0.15, -0.1) is 0 Å². The van der Waals surface area contributed by atoms with E-state index in [9.17, 15) is 0 Å². The van der Waals surface area contributed by atoms with Gasteiger partial charge in [-0.25, -0.2) is 0 Å². The third-order valence-corrected chi connectivity index (χ3v) is 2.70. The molecule has 0 spiro atoms. The summed E-state index contributed by atoms with van der Waals surface area (Å²) in [7, 11) is 0. The van der Waals surface area contributed by atoms with E-state index in [0.717, 1.165) is 0 Å². The minimum absolute atomic E-state index is 0.197. The fraction of sp³-hybridized carbons (Fsp3) is 0.231. The van der Waals surface area contributed by atoms with E-state index in [0.29, 0.717) is 16.5 Å². The van der Waals surface area contributed by atoms with Gasteiger partial charge in [-0.05, 0) is 31.2 Å². The Morgan fingerprint density at radius 2 is 2.00 bits per heavy atom. The van der Waals surface area contributed by atoms with Gasteiger partial charge in [0.05, 0.1) is 11.3 Å². The fourth-order valence-electron chi connectivity index (χ4n) is 1.55. The summed E-state index contributed by atoms with van der Waals surface area (Å²) in [5.41, 5.74) is 5.90. The summed E-state index contributed by atoms with van der Waals surface area (Å²) in [5.74, 6) is 1.30. The molecule has 0 bridgehead atoms. The number of ether oxygens (including phenoxy) is 1.